The van der Waals surface area contributed by atoms with E-state index in [1.165, 1.54) is 4.90 Å². The van der Waals surface area contributed by atoms with Crippen LogP contribution in [-0.4, -0.2) is 59.3 Å². The van der Waals surface area contributed by atoms with Gasteiger partial charge in [-0.2, -0.15) is 0 Å². The number of carboxylic acid groups (broad SMARTS) is 1. The molecule has 4 N–H and O–H groups in total. The largest absolute Gasteiger partial charge is 0.480 e. The second-order valence-electron chi connectivity index (χ2n) is 4.99. The van der Waals surface area contributed by atoms with Gasteiger partial charge in [0, 0.05) is 13.0 Å². The van der Waals surface area contributed by atoms with Crippen molar-refractivity contribution in [2.45, 2.75) is 44.9 Å². The highest BCUT2D eigenvalue weighted by molar-refractivity contribution is 5.83. The maximum atomic E-state index is 12.1. The lowest BCUT2D eigenvalue weighted by molar-refractivity contribution is -0.139. The van der Waals surface area contributed by atoms with E-state index in [0.717, 1.165) is 0 Å². The first-order chi connectivity index (χ1) is 9.31. The number of ether oxygens (including phenoxy) is 1. The topological polar surface area (TPSA) is 122 Å². The summed E-state index contributed by atoms with van der Waals surface area (Å²) in [5.41, 5.74) is 4.98. The molecule has 1 fully saturated rings. The number of aliphatic carboxylic acids is 1. The number of nitrogens with two attached hydrogens (primary N) is 1. The summed E-state index contributed by atoms with van der Waals surface area (Å²) in [4.78, 5) is 35.4. The third kappa shape index (κ3) is 4.69. The van der Waals surface area contributed by atoms with Crippen LogP contribution in [0.4, 0.5) is 4.79 Å². The van der Waals surface area contributed by atoms with Crippen molar-refractivity contribution >= 4 is 17.9 Å². The van der Waals surface area contributed by atoms with Gasteiger partial charge in [-0.15, -0.1) is 0 Å². The molecule has 0 aromatic carbocycles. The lowest BCUT2D eigenvalue weighted by Gasteiger charge is -2.37. The summed E-state index contributed by atoms with van der Waals surface area (Å²) in [5, 5.41) is 11.5. The molecule has 0 radical (unpaired) electrons. The van der Waals surface area contributed by atoms with Crippen molar-refractivity contribution in [2.24, 2.45) is 5.73 Å². The van der Waals surface area contributed by atoms with Crippen molar-refractivity contribution < 1.29 is 24.2 Å². The predicted octanol–water partition coefficient (Wildman–Crippen LogP) is -0.476. The molecule has 3 atom stereocenters. The first-order valence-electron chi connectivity index (χ1n) is 6.51. The number of carboxylic acids is 1. The lowest BCUT2D eigenvalue weighted by Crippen LogP contribution is -2.56. The number of rotatable bonds is 5. The Morgan fingerprint density at radius 3 is 2.65 bits per heavy atom. The summed E-state index contributed by atoms with van der Waals surface area (Å²) in [5.74, 6) is -1.78. The van der Waals surface area contributed by atoms with Crippen LogP contribution in [0.3, 0.4) is 0 Å². The van der Waals surface area contributed by atoms with Gasteiger partial charge in [-0.3, -0.25) is 4.79 Å². The standard InChI is InChI=1S/C12H21N3O5/c1-7-6-20-8(2)5-15(7)12(19)14-9(11(17)18)3-4-10(13)16/h7-9H,3-6H2,1-2H3,(H2,13,16)(H,14,19)(H,17,18)/t7?,8?,9-/m1/s1. The molecule has 2 unspecified atom stereocenters. The highest BCUT2D eigenvalue weighted by Gasteiger charge is 2.30. The highest BCUT2D eigenvalue weighted by Crippen LogP contribution is 2.12. The number of carbonyl (C=O) groups excluding carboxylic acids is 2. The normalized spacial score (nSPS) is 24.0. The van der Waals surface area contributed by atoms with Crippen LogP contribution in [0.25, 0.3) is 0 Å². The molecule has 0 saturated carbocycles. The molecule has 0 aromatic rings. The summed E-state index contributed by atoms with van der Waals surface area (Å²) in [6, 6.07) is -1.72. The molecule has 3 amide bonds. The molecule has 1 aliphatic rings. The van der Waals surface area contributed by atoms with Gasteiger partial charge in [0.15, 0.2) is 0 Å². The summed E-state index contributed by atoms with van der Waals surface area (Å²) in [7, 11) is 0. The van der Waals surface area contributed by atoms with Crippen LogP contribution in [0.5, 0.6) is 0 Å². The minimum absolute atomic E-state index is 0.0231. The Hall–Kier alpha value is -1.83. The van der Waals surface area contributed by atoms with Crippen LogP contribution < -0.4 is 11.1 Å². The van der Waals surface area contributed by atoms with Crippen LogP contribution in [0.15, 0.2) is 0 Å². The fraction of sp³-hybridized carbons (Fsp3) is 0.750. The molecule has 1 saturated heterocycles. The van der Waals surface area contributed by atoms with Crippen molar-refractivity contribution in [1.82, 2.24) is 10.2 Å². The monoisotopic (exact) mass is 287 g/mol. The Kier molecular flexibility index (Phi) is 5.75. The molecule has 114 valence electrons. The Labute approximate surface area is 117 Å². The Balaban J connectivity index is 2.60. The maximum Gasteiger partial charge on any atom is 0.326 e. The van der Waals surface area contributed by atoms with E-state index in [2.05, 4.69) is 5.32 Å². The number of urea groups is 1. The van der Waals surface area contributed by atoms with Crippen molar-refractivity contribution in [3.05, 3.63) is 0 Å². The van der Waals surface area contributed by atoms with Gasteiger partial charge in [0.25, 0.3) is 0 Å². The van der Waals surface area contributed by atoms with Crippen LogP contribution >= 0.6 is 0 Å². The average Bonchev–Trinajstić information content (AvgIpc) is 2.36. The van der Waals surface area contributed by atoms with Gasteiger partial charge in [0.2, 0.25) is 5.91 Å². The fourth-order valence-electron chi connectivity index (χ4n) is 1.96. The molecular weight excluding hydrogens is 266 g/mol. The number of morpholine rings is 1. The molecule has 8 heteroatoms. The molecule has 20 heavy (non-hydrogen) atoms. The summed E-state index contributed by atoms with van der Waals surface area (Å²) in [6.07, 6.45) is -0.206. The quantitative estimate of drug-likeness (QED) is 0.630. The van der Waals surface area contributed by atoms with Gasteiger partial charge in [0.1, 0.15) is 6.04 Å². The Bertz CT molecular complexity index is 387. The van der Waals surface area contributed by atoms with E-state index in [-0.39, 0.29) is 25.0 Å². The number of nitrogens with one attached hydrogen (secondary N) is 1. The first kappa shape index (κ1) is 16.2. The van der Waals surface area contributed by atoms with Crippen molar-refractivity contribution in [2.75, 3.05) is 13.2 Å². The van der Waals surface area contributed by atoms with Crippen molar-refractivity contribution in [3.63, 3.8) is 0 Å². The predicted molar refractivity (Wildman–Crippen MR) is 70.0 cm³/mol. The summed E-state index contributed by atoms with van der Waals surface area (Å²) >= 11 is 0. The highest BCUT2D eigenvalue weighted by atomic mass is 16.5. The van der Waals surface area contributed by atoms with Gasteiger partial charge >= 0.3 is 12.0 Å². The minimum atomic E-state index is -1.19. The molecular formula is C12H21N3O5. The molecule has 8 nitrogen and oxygen atoms in total. The number of carbonyl (C=O) groups is 3. The zero-order chi connectivity index (χ0) is 15.3. The number of amides is 3. The van der Waals surface area contributed by atoms with Gasteiger partial charge < -0.3 is 25.8 Å². The lowest BCUT2D eigenvalue weighted by atomic mass is 10.1. The number of primary amides is 1. The molecule has 1 aliphatic heterocycles. The van der Waals surface area contributed by atoms with E-state index in [1.54, 1.807) is 0 Å². The van der Waals surface area contributed by atoms with E-state index in [9.17, 15) is 14.4 Å². The number of nitrogens with zero attached hydrogens (tertiary/aromatic N) is 1. The smallest absolute Gasteiger partial charge is 0.326 e. The molecule has 0 spiro atoms. The zero-order valence-electron chi connectivity index (χ0n) is 11.7. The van der Waals surface area contributed by atoms with Crippen molar-refractivity contribution in [3.8, 4) is 0 Å². The minimum Gasteiger partial charge on any atom is -0.480 e. The van der Waals surface area contributed by atoms with Crippen LogP contribution in [0, 0.1) is 0 Å². The van der Waals surface area contributed by atoms with Crippen LogP contribution in [-0.2, 0) is 14.3 Å². The second kappa shape index (κ2) is 7.09. The SMILES string of the molecule is CC1CN(C(=O)N[C@H](CCC(N)=O)C(=O)O)C(C)CO1. The number of hydrogen-bond acceptors (Lipinski definition) is 4. The molecule has 0 bridgehead atoms. The van der Waals surface area contributed by atoms with Gasteiger partial charge in [0.05, 0.1) is 18.8 Å². The van der Waals surface area contributed by atoms with E-state index in [1.807, 2.05) is 13.8 Å². The van der Waals surface area contributed by atoms with E-state index >= 15 is 0 Å². The van der Waals surface area contributed by atoms with E-state index in [0.29, 0.717) is 13.2 Å². The van der Waals surface area contributed by atoms with Crippen LogP contribution in [0.2, 0.25) is 0 Å². The first-order valence-corrected chi connectivity index (χ1v) is 6.51. The maximum absolute atomic E-state index is 12.1. The zero-order valence-corrected chi connectivity index (χ0v) is 11.7. The Morgan fingerprint density at radius 2 is 2.10 bits per heavy atom. The van der Waals surface area contributed by atoms with E-state index in [4.69, 9.17) is 15.6 Å². The van der Waals surface area contributed by atoms with Gasteiger partial charge in [-0.05, 0) is 20.3 Å². The summed E-state index contributed by atoms with van der Waals surface area (Å²) < 4.78 is 5.40. The molecule has 1 heterocycles. The third-order valence-electron chi connectivity index (χ3n) is 3.14. The van der Waals surface area contributed by atoms with E-state index < -0.39 is 23.9 Å². The summed E-state index contributed by atoms with van der Waals surface area (Å²) in [6.45, 7) is 4.47. The average molecular weight is 287 g/mol. The molecule has 1 rings (SSSR count). The number of hydrogen-bond donors (Lipinski definition) is 3. The van der Waals surface area contributed by atoms with Gasteiger partial charge in [-0.25, -0.2) is 9.59 Å². The Morgan fingerprint density at radius 1 is 1.45 bits per heavy atom. The van der Waals surface area contributed by atoms with Crippen molar-refractivity contribution in [1.29, 1.82) is 0 Å². The fourth-order valence-corrected chi connectivity index (χ4v) is 1.96. The molecule has 0 aliphatic carbocycles. The van der Waals surface area contributed by atoms with Crippen LogP contribution in [0.1, 0.15) is 26.7 Å². The molecule has 0 aromatic heterocycles. The second-order valence-corrected chi connectivity index (χ2v) is 4.99. The third-order valence-corrected chi connectivity index (χ3v) is 3.14. The van der Waals surface area contributed by atoms with Gasteiger partial charge in [-0.1, -0.05) is 0 Å².